The van der Waals surface area contributed by atoms with Crippen molar-refractivity contribution in [1.29, 1.82) is 0 Å². The average molecular weight is 167 g/mol. The van der Waals surface area contributed by atoms with Gasteiger partial charge in [-0.05, 0) is 6.42 Å². The normalized spacial score (nSPS) is 21.8. The zero-order chi connectivity index (χ0) is 8.72. The summed E-state index contributed by atoms with van der Waals surface area (Å²) in [5, 5.41) is 6.22. The van der Waals surface area contributed by atoms with Crippen molar-refractivity contribution in [2.24, 2.45) is 5.92 Å². The fourth-order valence-electron chi connectivity index (χ4n) is 1.26. The number of nitrogens with zero attached hydrogens (tertiary/aromatic N) is 1. The van der Waals surface area contributed by atoms with Crippen molar-refractivity contribution in [3.63, 3.8) is 0 Å². The van der Waals surface area contributed by atoms with Crippen molar-refractivity contribution in [3.05, 3.63) is 5.56 Å². The molecule has 1 amide bonds. The summed E-state index contributed by atoms with van der Waals surface area (Å²) in [6, 6.07) is 0. The maximum atomic E-state index is 11.1. The molecule has 1 atom stereocenters. The van der Waals surface area contributed by atoms with E-state index in [-0.39, 0.29) is 11.8 Å². The summed E-state index contributed by atoms with van der Waals surface area (Å²) in [4.78, 5) is 11.1. The predicted octanol–water partition coefficient (Wildman–Crippen LogP) is 0.388. The highest BCUT2D eigenvalue weighted by molar-refractivity contribution is 5.95. The summed E-state index contributed by atoms with van der Waals surface area (Å²) < 4.78 is 4.73. The molecule has 0 saturated heterocycles. The largest absolute Gasteiger partial charge is 0.367 e. The molecule has 1 aromatic rings. The average Bonchev–Trinajstić information content (AvgIpc) is 2.35. The third-order valence-corrected chi connectivity index (χ3v) is 2.02. The van der Waals surface area contributed by atoms with Crippen LogP contribution in [0.15, 0.2) is 4.52 Å². The minimum atomic E-state index is -0.0563. The molecule has 2 rings (SSSR count). The van der Waals surface area contributed by atoms with Gasteiger partial charge in [-0.2, -0.15) is 0 Å². The fourth-order valence-corrected chi connectivity index (χ4v) is 1.26. The van der Waals surface area contributed by atoms with Gasteiger partial charge in [0.05, 0.1) is 5.56 Å². The van der Waals surface area contributed by atoms with E-state index in [1.165, 1.54) is 0 Å². The number of nitrogens with one attached hydrogen (secondary N) is 1. The van der Waals surface area contributed by atoms with Crippen LogP contribution >= 0.6 is 0 Å². The molecule has 0 radical (unpaired) electrons. The first-order valence-corrected chi connectivity index (χ1v) is 3.73. The third kappa shape index (κ3) is 0.861. The maximum Gasteiger partial charge on any atom is 0.228 e. The van der Waals surface area contributed by atoms with Gasteiger partial charge in [0.1, 0.15) is 0 Å². The number of hydrogen-bond acceptors (Lipinski definition) is 4. The van der Waals surface area contributed by atoms with Gasteiger partial charge < -0.3 is 15.6 Å². The van der Waals surface area contributed by atoms with E-state index < -0.39 is 0 Å². The first-order chi connectivity index (χ1) is 5.68. The van der Waals surface area contributed by atoms with Gasteiger partial charge in [-0.25, -0.2) is 0 Å². The Kier molecular flexibility index (Phi) is 1.33. The van der Waals surface area contributed by atoms with Crippen LogP contribution in [0, 0.1) is 5.92 Å². The highest BCUT2D eigenvalue weighted by Crippen LogP contribution is 2.28. The lowest BCUT2D eigenvalue weighted by molar-refractivity contribution is -0.119. The van der Waals surface area contributed by atoms with Gasteiger partial charge in [0.25, 0.3) is 0 Å². The quantitative estimate of drug-likeness (QED) is 0.585. The Morgan fingerprint density at radius 3 is 3.25 bits per heavy atom. The number of carbonyl (C=O) groups excluding carboxylic acids is 1. The summed E-state index contributed by atoms with van der Waals surface area (Å²) in [5.74, 6) is 0.683. The number of fused-ring (bicyclic) bond motifs is 1. The number of nitrogen functional groups attached to an aromatic ring is 1. The second-order valence-electron chi connectivity index (χ2n) is 2.97. The molecule has 12 heavy (non-hydrogen) atoms. The molecule has 0 spiro atoms. The molecule has 0 saturated carbocycles. The third-order valence-electron chi connectivity index (χ3n) is 2.02. The molecule has 1 aliphatic heterocycles. The Hall–Kier alpha value is -1.52. The molecule has 0 fully saturated rings. The van der Waals surface area contributed by atoms with Crippen LogP contribution in [0.2, 0.25) is 0 Å². The molecule has 1 aliphatic rings. The Balaban J connectivity index is 2.43. The number of amides is 1. The van der Waals surface area contributed by atoms with E-state index in [1.54, 1.807) is 0 Å². The van der Waals surface area contributed by atoms with Gasteiger partial charge in [0.15, 0.2) is 5.82 Å². The standard InChI is InChI=1S/C7H9N3O2/c1-3-2-4-5(8)12-10-6(4)9-7(3)11/h3H,2,8H2,1H3,(H,9,10,11). The summed E-state index contributed by atoms with van der Waals surface area (Å²) >= 11 is 0. The van der Waals surface area contributed by atoms with Crippen molar-refractivity contribution in [3.8, 4) is 0 Å². The molecule has 0 bridgehead atoms. The van der Waals surface area contributed by atoms with Crippen molar-refractivity contribution in [1.82, 2.24) is 5.16 Å². The van der Waals surface area contributed by atoms with E-state index in [4.69, 9.17) is 10.3 Å². The summed E-state index contributed by atoms with van der Waals surface area (Å²) in [5.41, 5.74) is 6.30. The summed E-state index contributed by atoms with van der Waals surface area (Å²) in [7, 11) is 0. The second kappa shape index (κ2) is 2.23. The predicted molar refractivity (Wildman–Crippen MR) is 42.4 cm³/mol. The smallest absolute Gasteiger partial charge is 0.228 e. The van der Waals surface area contributed by atoms with Crippen LogP contribution in [0.1, 0.15) is 12.5 Å². The van der Waals surface area contributed by atoms with Crippen LogP contribution in [0.25, 0.3) is 0 Å². The van der Waals surface area contributed by atoms with Crippen molar-refractivity contribution >= 4 is 17.6 Å². The van der Waals surface area contributed by atoms with Crippen LogP contribution < -0.4 is 11.1 Å². The minimum absolute atomic E-state index is 0.0317. The molecule has 3 N–H and O–H groups in total. The number of carbonyl (C=O) groups is 1. The molecule has 0 aliphatic carbocycles. The topological polar surface area (TPSA) is 81.2 Å². The van der Waals surface area contributed by atoms with Gasteiger partial charge in [0.2, 0.25) is 11.8 Å². The molecular formula is C7H9N3O2. The number of anilines is 2. The monoisotopic (exact) mass is 167 g/mol. The van der Waals surface area contributed by atoms with Gasteiger partial charge in [-0.15, -0.1) is 0 Å². The number of aromatic nitrogens is 1. The van der Waals surface area contributed by atoms with E-state index in [1.807, 2.05) is 6.92 Å². The molecule has 1 aromatic heterocycles. The van der Waals surface area contributed by atoms with Crippen LogP contribution in [0.3, 0.4) is 0 Å². The lowest BCUT2D eigenvalue weighted by atomic mass is 9.98. The van der Waals surface area contributed by atoms with Crippen molar-refractivity contribution in [2.75, 3.05) is 11.1 Å². The van der Waals surface area contributed by atoms with E-state index in [2.05, 4.69) is 10.5 Å². The molecule has 5 nitrogen and oxygen atoms in total. The first kappa shape index (κ1) is 7.15. The summed E-state index contributed by atoms with van der Waals surface area (Å²) in [6.07, 6.45) is 0.608. The summed E-state index contributed by atoms with van der Waals surface area (Å²) in [6.45, 7) is 1.84. The van der Waals surface area contributed by atoms with Crippen LogP contribution in [-0.4, -0.2) is 11.1 Å². The van der Waals surface area contributed by atoms with Crippen molar-refractivity contribution < 1.29 is 9.32 Å². The molecule has 5 heteroatoms. The lowest BCUT2D eigenvalue weighted by Crippen LogP contribution is -2.27. The molecule has 1 unspecified atom stereocenters. The molecular weight excluding hydrogens is 158 g/mol. The zero-order valence-electron chi connectivity index (χ0n) is 6.63. The van der Waals surface area contributed by atoms with Crippen LogP contribution in [0.5, 0.6) is 0 Å². The Labute approximate surface area is 68.9 Å². The van der Waals surface area contributed by atoms with Crippen molar-refractivity contribution in [2.45, 2.75) is 13.3 Å². The van der Waals surface area contributed by atoms with E-state index in [0.717, 1.165) is 5.56 Å². The maximum absolute atomic E-state index is 11.1. The van der Waals surface area contributed by atoms with Gasteiger partial charge >= 0.3 is 0 Å². The Morgan fingerprint density at radius 1 is 1.75 bits per heavy atom. The molecule has 0 aromatic carbocycles. The van der Waals surface area contributed by atoms with Gasteiger partial charge in [-0.1, -0.05) is 12.1 Å². The fraction of sp³-hybridized carbons (Fsp3) is 0.429. The Bertz CT molecular complexity index is 331. The van der Waals surface area contributed by atoms with Gasteiger partial charge in [-0.3, -0.25) is 4.79 Å². The van der Waals surface area contributed by atoms with Crippen LogP contribution in [0.4, 0.5) is 11.7 Å². The zero-order valence-corrected chi connectivity index (χ0v) is 6.63. The highest BCUT2D eigenvalue weighted by Gasteiger charge is 2.27. The van der Waals surface area contributed by atoms with E-state index in [0.29, 0.717) is 18.1 Å². The highest BCUT2D eigenvalue weighted by atomic mass is 16.5. The lowest BCUT2D eigenvalue weighted by Gasteiger charge is -2.16. The Morgan fingerprint density at radius 2 is 2.50 bits per heavy atom. The SMILES string of the molecule is CC1Cc2c(noc2N)NC1=O. The number of hydrogen-bond donors (Lipinski definition) is 2. The van der Waals surface area contributed by atoms with E-state index >= 15 is 0 Å². The minimum Gasteiger partial charge on any atom is -0.367 e. The molecule has 64 valence electrons. The molecule has 2 heterocycles. The van der Waals surface area contributed by atoms with Gasteiger partial charge in [0, 0.05) is 5.92 Å². The number of rotatable bonds is 0. The number of nitrogens with two attached hydrogens (primary N) is 1. The van der Waals surface area contributed by atoms with E-state index in [9.17, 15) is 4.79 Å². The first-order valence-electron chi connectivity index (χ1n) is 3.73. The second-order valence-corrected chi connectivity index (χ2v) is 2.97. The van der Waals surface area contributed by atoms with Crippen LogP contribution in [-0.2, 0) is 11.2 Å².